The van der Waals surface area contributed by atoms with Crippen molar-refractivity contribution >= 4 is 35.1 Å². The quantitative estimate of drug-likeness (QED) is 0.475. The third-order valence-electron chi connectivity index (χ3n) is 0.412. The Balaban J connectivity index is 3.10. The van der Waals surface area contributed by atoms with Crippen LogP contribution in [0.3, 0.4) is 0 Å². The lowest BCUT2D eigenvalue weighted by Crippen LogP contribution is -2.12. The molecule has 0 atom stereocenters. The molecule has 0 unspecified atom stereocenters. The minimum atomic E-state index is -0.844. The fraction of sp³-hybridized carbons (Fsp3) is 0.500. The van der Waals surface area contributed by atoms with Crippen LogP contribution in [0.15, 0.2) is 0 Å². The summed E-state index contributed by atoms with van der Waals surface area (Å²) in [6.45, 7) is 1.70. The number of thiocarbonyl (C=S) groups is 1. The molecular formula is C4H7NO2S2. The van der Waals surface area contributed by atoms with E-state index in [9.17, 15) is 4.79 Å². The van der Waals surface area contributed by atoms with Crippen molar-refractivity contribution in [1.82, 2.24) is 4.72 Å². The lowest BCUT2D eigenvalue weighted by atomic mass is 10.8. The first-order valence-electron chi connectivity index (χ1n) is 2.23. The van der Waals surface area contributed by atoms with Crippen LogP contribution in [0.5, 0.6) is 0 Å². The second-order valence-electron chi connectivity index (χ2n) is 1.34. The maximum atomic E-state index is 9.88. The third kappa shape index (κ3) is 7.71. The first-order valence-corrected chi connectivity index (χ1v) is 3.62. The molecule has 0 amide bonds. The second kappa shape index (κ2) is 4.58. The highest BCUT2D eigenvalue weighted by molar-refractivity contribution is 7.99. The molecule has 5 heteroatoms. The van der Waals surface area contributed by atoms with E-state index in [0.717, 1.165) is 11.9 Å². The maximum Gasteiger partial charge on any atom is 0.315 e. The summed E-state index contributed by atoms with van der Waals surface area (Å²) < 4.78 is 2.64. The van der Waals surface area contributed by atoms with E-state index in [-0.39, 0.29) is 5.75 Å². The van der Waals surface area contributed by atoms with E-state index in [1.54, 1.807) is 6.92 Å². The Morgan fingerprint density at radius 1 is 1.89 bits per heavy atom. The number of carboxylic acid groups (broad SMARTS) is 1. The highest BCUT2D eigenvalue weighted by atomic mass is 32.2. The van der Waals surface area contributed by atoms with Gasteiger partial charge in [0, 0.05) is 0 Å². The van der Waals surface area contributed by atoms with Gasteiger partial charge in [-0.15, -0.1) is 0 Å². The van der Waals surface area contributed by atoms with Crippen LogP contribution in [0.1, 0.15) is 6.92 Å². The number of nitrogens with one attached hydrogen (secondary N) is 1. The summed E-state index contributed by atoms with van der Waals surface area (Å²) in [5.41, 5.74) is 0. The van der Waals surface area contributed by atoms with E-state index in [2.05, 4.69) is 16.9 Å². The largest absolute Gasteiger partial charge is 0.481 e. The summed E-state index contributed by atoms with van der Waals surface area (Å²) in [5.74, 6) is -0.808. The van der Waals surface area contributed by atoms with Gasteiger partial charge in [0.1, 0.15) is 5.75 Å². The molecule has 52 valence electrons. The standard InChI is InChI=1S/C4H7NO2S2/c1-3(8)5-9-2-4(6)7/h2H2,1H3,(H,5,8)(H,6,7). The van der Waals surface area contributed by atoms with Gasteiger partial charge in [0.15, 0.2) is 0 Å². The molecule has 2 N–H and O–H groups in total. The van der Waals surface area contributed by atoms with Crippen LogP contribution in [0.2, 0.25) is 0 Å². The zero-order valence-corrected chi connectivity index (χ0v) is 6.51. The molecule has 0 spiro atoms. The second-order valence-corrected chi connectivity index (χ2v) is 2.73. The average molecular weight is 165 g/mol. The summed E-state index contributed by atoms with van der Waals surface area (Å²) in [6.07, 6.45) is 0. The molecule has 0 bridgehead atoms. The molecule has 0 aromatic carbocycles. The minimum Gasteiger partial charge on any atom is -0.481 e. The first kappa shape index (κ1) is 8.71. The van der Waals surface area contributed by atoms with E-state index in [4.69, 9.17) is 5.11 Å². The molecule has 0 aromatic heterocycles. The minimum absolute atomic E-state index is 0.0357. The lowest BCUT2D eigenvalue weighted by Gasteiger charge is -1.97. The Hall–Kier alpha value is -0.290. The maximum absolute atomic E-state index is 9.88. The van der Waals surface area contributed by atoms with E-state index in [1.807, 2.05) is 0 Å². The SMILES string of the molecule is CC(=S)NSCC(=O)O. The van der Waals surface area contributed by atoms with Crippen LogP contribution in [-0.4, -0.2) is 21.8 Å². The van der Waals surface area contributed by atoms with Crippen LogP contribution < -0.4 is 4.72 Å². The van der Waals surface area contributed by atoms with Crippen LogP contribution in [0.25, 0.3) is 0 Å². The molecule has 0 rings (SSSR count). The highest BCUT2D eigenvalue weighted by Gasteiger charge is 1.94. The van der Waals surface area contributed by atoms with Crippen molar-refractivity contribution in [3.8, 4) is 0 Å². The van der Waals surface area contributed by atoms with Gasteiger partial charge in [0.05, 0.1) is 4.99 Å². The van der Waals surface area contributed by atoms with Crippen LogP contribution in [0.4, 0.5) is 0 Å². The van der Waals surface area contributed by atoms with Gasteiger partial charge in [0.2, 0.25) is 0 Å². The Bertz CT molecular complexity index is 112. The number of aliphatic carboxylic acids is 1. The molecule has 9 heavy (non-hydrogen) atoms. The van der Waals surface area contributed by atoms with Crippen LogP contribution in [-0.2, 0) is 4.79 Å². The van der Waals surface area contributed by atoms with Gasteiger partial charge >= 0.3 is 5.97 Å². The molecule has 0 heterocycles. The topological polar surface area (TPSA) is 49.3 Å². The lowest BCUT2D eigenvalue weighted by molar-refractivity contribution is -0.133. The molecular weight excluding hydrogens is 158 g/mol. The number of carbonyl (C=O) groups is 1. The van der Waals surface area contributed by atoms with E-state index in [1.165, 1.54) is 0 Å². The van der Waals surface area contributed by atoms with E-state index >= 15 is 0 Å². The summed E-state index contributed by atoms with van der Waals surface area (Å²) in [4.78, 5) is 10.5. The average Bonchev–Trinajstić information content (AvgIpc) is 1.63. The van der Waals surface area contributed by atoms with Gasteiger partial charge in [-0.05, 0) is 18.9 Å². The zero-order chi connectivity index (χ0) is 7.28. The summed E-state index contributed by atoms with van der Waals surface area (Å²) in [5, 5.41) is 8.12. The molecule has 0 fully saturated rings. The number of hydrogen-bond donors (Lipinski definition) is 2. The van der Waals surface area contributed by atoms with Crippen molar-refractivity contribution in [3.63, 3.8) is 0 Å². The number of rotatable bonds is 3. The monoisotopic (exact) mass is 165 g/mol. The molecule has 0 aliphatic heterocycles. The van der Waals surface area contributed by atoms with Crippen molar-refractivity contribution in [2.45, 2.75) is 6.92 Å². The summed E-state index contributed by atoms with van der Waals surface area (Å²) >= 11 is 5.70. The molecule has 0 aliphatic carbocycles. The van der Waals surface area contributed by atoms with Gasteiger partial charge in [0.25, 0.3) is 0 Å². The fourth-order valence-electron chi connectivity index (χ4n) is 0.199. The van der Waals surface area contributed by atoms with Gasteiger partial charge < -0.3 is 9.83 Å². The van der Waals surface area contributed by atoms with E-state index < -0.39 is 5.97 Å². The van der Waals surface area contributed by atoms with Crippen molar-refractivity contribution < 1.29 is 9.90 Å². The Kier molecular flexibility index (Phi) is 4.43. The highest BCUT2D eigenvalue weighted by Crippen LogP contribution is 1.91. The molecule has 0 saturated carbocycles. The van der Waals surface area contributed by atoms with Crippen LogP contribution in [0, 0.1) is 0 Å². The van der Waals surface area contributed by atoms with Crippen LogP contribution >= 0.6 is 24.2 Å². The first-order chi connectivity index (χ1) is 4.13. The summed E-state index contributed by atoms with van der Waals surface area (Å²) in [7, 11) is 0. The Morgan fingerprint density at radius 3 is 2.78 bits per heavy atom. The molecule has 0 aliphatic rings. The number of hydrogen-bond acceptors (Lipinski definition) is 3. The van der Waals surface area contributed by atoms with Gasteiger partial charge in [-0.25, -0.2) is 0 Å². The Labute approximate surface area is 63.0 Å². The predicted molar refractivity (Wildman–Crippen MR) is 41.5 cm³/mol. The fourth-order valence-corrected chi connectivity index (χ4v) is 0.775. The van der Waals surface area contributed by atoms with E-state index in [0.29, 0.717) is 4.99 Å². The predicted octanol–water partition coefficient (Wildman–Crippen LogP) is 0.656. The Morgan fingerprint density at radius 2 is 2.44 bits per heavy atom. The summed E-state index contributed by atoms with van der Waals surface area (Å²) in [6, 6.07) is 0. The molecule has 0 saturated heterocycles. The van der Waals surface area contributed by atoms with Crippen molar-refractivity contribution in [3.05, 3.63) is 0 Å². The molecule has 3 nitrogen and oxygen atoms in total. The van der Waals surface area contributed by atoms with Gasteiger partial charge in [-0.3, -0.25) is 4.79 Å². The molecule has 0 radical (unpaired) electrons. The van der Waals surface area contributed by atoms with Crippen molar-refractivity contribution in [2.24, 2.45) is 0 Å². The zero-order valence-electron chi connectivity index (χ0n) is 4.88. The van der Waals surface area contributed by atoms with Crippen molar-refractivity contribution in [1.29, 1.82) is 0 Å². The third-order valence-corrected chi connectivity index (χ3v) is 1.48. The van der Waals surface area contributed by atoms with Gasteiger partial charge in [-0.2, -0.15) is 0 Å². The smallest absolute Gasteiger partial charge is 0.315 e. The van der Waals surface area contributed by atoms with Gasteiger partial charge in [-0.1, -0.05) is 12.2 Å². The molecule has 0 aromatic rings. The normalized spacial score (nSPS) is 8.56. The van der Waals surface area contributed by atoms with Crippen molar-refractivity contribution in [2.75, 3.05) is 5.75 Å². The number of carboxylic acids is 1.